The molecule has 126 valence electrons. The number of methoxy groups -OCH3 is 1. The third kappa shape index (κ3) is 4.01. The number of rotatable bonds is 2. The van der Waals surface area contributed by atoms with Crippen molar-refractivity contribution in [2.75, 3.05) is 7.11 Å². The highest BCUT2D eigenvalue weighted by Crippen LogP contribution is 2.52. The van der Waals surface area contributed by atoms with Crippen molar-refractivity contribution in [3.8, 4) is 0 Å². The minimum Gasteiger partial charge on any atom is -0.469 e. The van der Waals surface area contributed by atoms with Crippen LogP contribution in [0.5, 0.6) is 0 Å². The molecule has 23 heavy (non-hydrogen) atoms. The van der Waals surface area contributed by atoms with E-state index in [1.807, 2.05) is 19.1 Å². The lowest BCUT2D eigenvalue weighted by atomic mass is 9.76. The van der Waals surface area contributed by atoms with Crippen molar-refractivity contribution < 1.29 is 19.1 Å². The summed E-state index contributed by atoms with van der Waals surface area (Å²) in [6, 6.07) is 8.18. The van der Waals surface area contributed by atoms with E-state index in [0.717, 1.165) is 12.0 Å². The Morgan fingerprint density at radius 2 is 1.65 bits per heavy atom. The van der Waals surface area contributed by atoms with Crippen LogP contribution >= 0.6 is 0 Å². The molecule has 0 saturated heterocycles. The predicted molar refractivity (Wildman–Crippen MR) is 89.9 cm³/mol. The summed E-state index contributed by atoms with van der Waals surface area (Å²) < 4.78 is 9.87. The molecule has 0 N–H and O–H groups in total. The average Bonchev–Trinajstić information content (AvgIpc) is 2.66. The first-order valence-electron chi connectivity index (χ1n) is 7.57. The molecule has 2 rings (SSSR count). The SMILES string of the molecule is C=C(C)C(=O)OC1(C)c2ccccc2CC1(C)C.COC(C)=O. The molecule has 1 aromatic rings. The largest absolute Gasteiger partial charge is 0.469 e. The van der Waals surface area contributed by atoms with Crippen LogP contribution in [0.25, 0.3) is 0 Å². The minimum atomic E-state index is -0.584. The maximum absolute atomic E-state index is 11.9. The second-order valence-electron chi connectivity index (χ2n) is 6.62. The molecular weight excluding hydrogens is 292 g/mol. The van der Waals surface area contributed by atoms with Gasteiger partial charge >= 0.3 is 11.9 Å². The third-order valence-corrected chi connectivity index (χ3v) is 4.39. The molecule has 0 aromatic heterocycles. The van der Waals surface area contributed by atoms with Gasteiger partial charge in [-0.1, -0.05) is 44.7 Å². The average molecular weight is 318 g/mol. The molecule has 0 bridgehead atoms. The van der Waals surface area contributed by atoms with Gasteiger partial charge in [0.15, 0.2) is 0 Å². The van der Waals surface area contributed by atoms with Crippen molar-refractivity contribution in [1.29, 1.82) is 0 Å². The van der Waals surface area contributed by atoms with Gasteiger partial charge in [0, 0.05) is 17.9 Å². The van der Waals surface area contributed by atoms with Crippen molar-refractivity contribution in [1.82, 2.24) is 0 Å². The van der Waals surface area contributed by atoms with Crippen LogP contribution < -0.4 is 0 Å². The van der Waals surface area contributed by atoms with Gasteiger partial charge in [-0.3, -0.25) is 4.79 Å². The van der Waals surface area contributed by atoms with Crippen LogP contribution in [0.3, 0.4) is 0 Å². The molecular formula is C19H26O4. The van der Waals surface area contributed by atoms with Gasteiger partial charge in [-0.2, -0.15) is 0 Å². The first-order chi connectivity index (χ1) is 10.5. The van der Waals surface area contributed by atoms with E-state index in [-0.39, 0.29) is 17.4 Å². The fourth-order valence-electron chi connectivity index (χ4n) is 2.61. The number of hydrogen-bond acceptors (Lipinski definition) is 4. The maximum Gasteiger partial charge on any atom is 0.334 e. The Morgan fingerprint density at radius 3 is 2.13 bits per heavy atom. The summed E-state index contributed by atoms with van der Waals surface area (Å²) in [7, 11) is 1.35. The van der Waals surface area contributed by atoms with Crippen LogP contribution in [0.1, 0.15) is 45.7 Å². The quantitative estimate of drug-likeness (QED) is 0.615. The van der Waals surface area contributed by atoms with Crippen LogP contribution in [0, 0.1) is 5.41 Å². The predicted octanol–water partition coefficient (Wildman–Crippen LogP) is 3.78. The van der Waals surface area contributed by atoms with E-state index in [9.17, 15) is 9.59 Å². The summed E-state index contributed by atoms with van der Waals surface area (Å²) in [5.41, 5.74) is 2.13. The molecule has 0 spiro atoms. The maximum atomic E-state index is 11.9. The Labute approximate surface area is 138 Å². The second kappa shape index (κ2) is 6.99. The fraction of sp³-hybridized carbons (Fsp3) is 0.474. The van der Waals surface area contributed by atoms with E-state index in [2.05, 4.69) is 37.3 Å². The Morgan fingerprint density at radius 1 is 1.13 bits per heavy atom. The monoisotopic (exact) mass is 318 g/mol. The van der Waals surface area contributed by atoms with Crippen molar-refractivity contribution in [2.45, 2.75) is 46.6 Å². The van der Waals surface area contributed by atoms with Crippen molar-refractivity contribution in [3.05, 3.63) is 47.5 Å². The Balaban J connectivity index is 0.000000463. The third-order valence-electron chi connectivity index (χ3n) is 4.39. The van der Waals surface area contributed by atoms with Crippen LogP contribution in [0.4, 0.5) is 0 Å². The number of hydrogen-bond donors (Lipinski definition) is 0. The van der Waals surface area contributed by atoms with Gasteiger partial charge in [-0.15, -0.1) is 0 Å². The number of benzene rings is 1. The summed E-state index contributed by atoms with van der Waals surface area (Å²) in [5, 5.41) is 0. The molecule has 0 fully saturated rings. The number of carbonyl (C=O) groups excluding carboxylic acids is 2. The zero-order valence-electron chi connectivity index (χ0n) is 14.9. The highest BCUT2D eigenvalue weighted by molar-refractivity contribution is 5.87. The molecule has 1 unspecified atom stereocenters. The Kier molecular flexibility index (Phi) is 5.75. The van der Waals surface area contributed by atoms with Gasteiger partial charge in [-0.05, 0) is 31.4 Å². The summed E-state index contributed by atoms with van der Waals surface area (Å²) >= 11 is 0. The smallest absolute Gasteiger partial charge is 0.334 e. The first-order valence-corrected chi connectivity index (χ1v) is 7.57. The summed E-state index contributed by atoms with van der Waals surface area (Å²) in [6.07, 6.45) is 0.920. The highest BCUT2D eigenvalue weighted by Gasteiger charge is 2.51. The lowest BCUT2D eigenvalue weighted by molar-refractivity contribution is -0.166. The van der Waals surface area contributed by atoms with Crippen molar-refractivity contribution in [3.63, 3.8) is 0 Å². The second-order valence-corrected chi connectivity index (χ2v) is 6.62. The minimum absolute atomic E-state index is 0.109. The van der Waals surface area contributed by atoms with Crippen LogP contribution in [-0.2, 0) is 31.1 Å². The number of esters is 2. The molecule has 4 nitrogen and oxygen atoms in total. The van der Waals surface area contributed by atoms with Gasteiger partial charge in [-0.25, -0.2) is 4.79 Å². The van der Waals surface area contributed by atoms with Crippen LogP contribution in [-0.4, -0.2) is 19.0 Å². The number of carbonyl (C=O) groups is 2. The van der Waals surface area contributed by atoms with E-state index in [0.29, 0.717) is 5.57 Å². The summed E-state index contributed by atoms with van der Waals surface area (Å²) in [6.45, 7) is 13.0. The van der Waals surface area contributed by atoms with E-state index in [1.54, 1.807) is 6.92 Å². The molecule has 0 amide bonds. The van der Waals surface area contributed by atoms with E-state index >= 15 is 0 Å². The molecule has 1 atom stereocenters. The molecule has 4 heteroatoms. The molecule has 1 aromatic carbocycles. The number of fused-ring (bicyclic) bond motifs is 1. The van der Waals surface area contributed by atoms with E-state index in [4.69, 9.17) is 4.74 Å². The van der Waals surface area contributed by atoms with Crippen molar-refractivity contribution in [2.24, 2.45) is 5.41 Å². The van der Waals surface area contributed by atoms with E-state index < -0.39 is 5.60 Å². The van der Waals surface area contributed by atoms with Gasteiger partial charge in [0.05, 0.1) is 7.11 Å². The molecule has 1 aliphatic rings. The Hall–Kier alpha value is -2.10. The topological polar surface area (TPSA) is 52.6 Å². The highest BCUT2D eigenvalue weighted by atomic mass is 16.6. The fourth-order valence-corrected chi connectivity index (χ4v) is 2.61. The van der Waals surface area contributed by atoms with Gasteiger partial charge < -0.3 is 9.47 Å². The lowest BCUT2D eigenvalue weighted by Crippen LogP contribution is -2.40. The van der Waals surface area contributed by atoms with Crippen LogP contribution in [0.2, 0.25) is 0 Å². The van der Waals surface area contributed by atoms with E-state index in [1.165, 1.54) is 19.6 Å². The first kappa shape index (κ1) is 18.9. The lowest BCUT2D eigenvalue weighted by Gasteiger charge is -2.38. The van der Waals surface area contributed by atoms with Crippen molar-refractivity contribution >= 4 is 11.9 Å². The Bertz CT molecular complexity index is 616. The summed E-state index contributed by atoms with van der Waals surface area (Å²) in [5.74, 6) is -0.563. The number of ether oxygens (including phenoxy) is 2. The normalized spacial score (nSPS) is 20.6. The molecule has 0 saturated carbocycles. The zero-order valence-corrected chi connectivity index (χ0v) is 14.9. The van der Waals surface area contributed by atoms with Gasteiger partial charge in [0.1, 0.15) is 5.60 Å². The van der Waals surface area contributed by atoms with Crippen LogP contribution in [0.15, 0.2) is 36.4 Å². The standard InChI is InChI=1S/C16H20O2.C3H6O2/c1-11(2)14(17)18-16(5)13-9-7-6-8-12(13)10-15(16,3)4;1-3(4)5-2/h6-9H,1,10H2,2-5H3;1-2H3. The summed E-state index contributed by atoms with van der Waals surface area (Å²) in [4.78, 5) is 21.5. The van der Waals surface area contributed by atoms with Gasteiger partial charge in [0.2, 0.25) is 0 Å². The molecule has 0 aliphatic heterocycles. The molecule has 0 heterocycles. The molecule has 1 aliphatic carbocycles. The zero-order chi connectivity index (χ0) is 17.8. The van der Waals surface area contributed by atoms with Gasteiger partial charge in [0.25, 0.3) is 0 Å². The molecule has 0 radical (unpaired) electrons.